The third-order valence-electron chi connectivity index (χ3n) is 4.45. The molecule has 29 heavy (non-hydrogen) atoms. The van der Waals surface area contributed by atoms with Gasteiger partial charge < -0.3 is 15.4 Å². The molecule has 0 spiro atoms. The van der Waals surface area contributed by atoms with Crippen molar-refractivity contribution in [3.05, 3.63) is 71.5 Å². The summed E-state index contributed by atoms with van der Waals surface area (Å²) in [5.74, 6) is 0.656. The molecule has 0 saturated carbocycles. The van der Waals surface area contributed by atoms with Crippen LogP contribution < -0.4 is 15.4 Å². The van der Waals surface area contributed by atoms with Gasteiger partial charge in [-0.15, -0.1) is 0 Å². The molecule has 0 aliphatic rings. The molecular weight excluding hydrogens is 364 g/mol. The fraction of sp³-hybridized carbons (Fsp3) is 0.261. The van der Waals surface area contributed by atoms with Crippen molar-refractivity contribution in [2.24, 2.45) is 0 Å². The highest BCUT2D eigenvalue weighted by Crippen LogP contribution is 2.25. The van der Waals surface area contributed by atoms with Crippen molar-refractivity contribution in [2.45, 2.75) is 40.0 Å². The number of carbonyl (C=O) groups is 1. The summed E-state index contributed by atoms with van der Waals surface area (Å²) in [5.41, 5.74) is 3.81. The normalized spacial score (nSPS) is 11.1. The highest BCUT2D eigenvalue weighted by molar-refractivity contribution is 6.00. The van der Waals surface area contributed by atoms with Gasteiger partial charge in [0.1, 0.15) is 5.75 Å². The number of carbonyl (C=O) groups excluding carboxylic acids is 1. The van der Waals surface area contributed by atoms with Crippen LogP contribution in [0.25, 0.3) is 0 Å². The number of hydrogen-bond donors (Lipinski definition) is 2. The van der Waals surface area contributed by atoms with Gasteiger partial charge >= 0.3 is 12.0 Å². The Hall–Kier alpha value is -3.41. The van der Waals surface area contributed by atoms with Crippen molar-refractivity contribution in [3.8, 4) is 11.8 Å². The minimum atomic E-state index is -0.347. The number of aromatic nitrogens is 2. The summed E-state index contributed by atoms with van der Waals surface area (Å²) < 4.78 is 5.68. The summed E-state index contributed by atoms with van der Waals surface area (Å²) in [7, 11) is 0. The molecule has 0 saturated heterocycles. The predicted octanol–water partition coefficient (Wildman–Crippen LogP) is 5.83. The van der Waals surface area contributed by atoms with Crippen molar-refractivity contribution >= 4 is 17.4 Å². The molecule has 6 nitrogen and oxygen atoms in total. The van der Waals surface area contributed by atoms with Crippen LogP contribution in [0.15, 0.2) is 54.6 Å². The number of nitrogens with one attached hydrogen (secondary N) is 2. The predicted molar refractivity (Wildman–Crippen MR) is 116 cm³/mol. The second-order valence-corrected chi connectivity index (χ2v) is 7.87. The number of hydrogen-bond acceptors (Lipinski definition) is 4. The minimum absolute atomic E-state index is 0.0654. The van der Waals surface area contributed by atoms with E-state index in [0.29, 0.717) is 22.8 Å². The van der Waals surface area contributed by atoms with E-state index in [1.807, 2.05) is 54.6 Å². The van der Waals surface area contributed by atoms with Crippen LogP contribution in [0.3, 0.4) is 0 Å². The van der Waals surface area contributed by atoms with Gasteiger partial charge in [0.25, 0.3) is 0 Å². The van der Waals surface area contributed by atoms with Crippen LogP contribution in [0.2, 0.25) is 0 Å². The summed E-state index contributed by atoms with van der Waals surface area (Å²) in [4.78, 5) is 21.1. The van der Waals surface area contributed by atoms with Crippen molar-refractivity contribution in [2.75, 3.05) is 10.6 Å². The van der Waals surface area contributed by atoms with E-state index in [4.69, 9.17) is 4.74 Å². The van der Waals surface area contributed by atoms with Gasteiger partial charge in [0.15, 0.2) is 0 Å². The monoisotopic (exact) mass is 390 g/mol. The van der Waals surface area contributed by atoms with Gasteiger partial charge in [-0.1, -0.05) is 51.1 Å². The Labute approximate surface area is 171 Å². The van der Waals surface area contributed by atoms with Crippen LogP contribution in [0.1, 0.15) is 37.7 Å². The lowest BCUT2D eigenvalue weighted by atomic mass is 9.87. The smallest absolute Gasteiger partial charge is 0.323 e. The maximum absolute atomic E-state index is 12.4. The second kappa shape index (κ2) is 8.31. The molecule has 0 aliphatic heterocycles. The largest absolute Gasteiger partial charge is 0.424 e. The van der Waals surface area contributed by atoms with Gasteiger partial charge in [0, 0.05) is 5.69 Å². The molecule has 150 valence electrons. The van der Waals surface area contributed by atoms with Crippen LogP contribution >= 0.6 is 0 Å². The maximum Gasteiger partial charge on any atom is 0.323 e. The lowest BCUT2D eigenvalue weighted by Gasteiger charge is -2.19. The van der Waals surface area contributed by atoms with E-state index in [1.54, 1.807) is 13.8 Å². The summed E-state index contributed by atoms with van der Waals surface area (Å²) in [5, 5.41) is 5.67. The van der Waals surface area contributed by atoms with Crippen LogP contribution in [0.4, 0.5) is 16.2 Å². The number of benzene rings is 2. The van der Waals surface area contributed by atoms with E-state index in [1.165, 1.54) is 5.56 Å². The Balaban J connectivity index is 1.68. The molecule has 0 aliphatic carbocycles. The number of aryl methyl sites for hydroxylation is 2. The molecule has 2 aromatic carbocycles. The molecule has 0 atom stereocenters. The fourth-order valence-corrected chi connectivity index (χ4v) is 2.84. The number of amides is 2. The average molecular weight is 390 g/mol. The molecule has 0 fully saturated rings. The first-order valence-electron chi connectivity index (χ1n) is 9.49. The van der Waals surface area contributed by atoms with Crippen LogP contribution in [0.5, 0.6) is 11.8 Å². The van der Waals surface area contributed by atoms with Gasteiger partial charge in [-0.2, -0.15) is 9.97 Å². The Morgan fingerprint density at radius 3 is 2.00 bits per heavy atom. The molecule has 0 unspecified atom stereocenters. The summed E-state index contributed by atoms with van der Waals surface area (Å²) in [6, 6.07) is 17.1. The first-order valence-corrected chi connectivity index (χ1v) is 9.49. The van der Waals surface area contributed by atoms with E-state index >= 15 is 0 Å². The number of ether oxygens (including phenoxy) is 1. The standard InChI is InChI=1S/C23H26N4O2/c1-15-20(16(2)25-22(24-15)29-19-9-7-6-8-10-19)27-21(28)26-18-13-11-17(12-14-18)23(3,4)5/h6-14H,1-5H3,(H2,26,27,28). The van der Waals surface area contributed by atoms with E-state index in [2.05, 4.69) is 41.4 Å². The van der Waals surface area contributed by atoms with Crippen molar-refractivity contribution in [1.82, 2.24) is 9.97 Å². The molecule has 3 aromatic rings. The topological polar surface area (TPSA) is 76.1 Å². The average Bonchev–Trinajstić information content (AvgIpc) is 2.65. The molecule has 0 radical (unpaired) electrons. The molecule has 3 rings (SSSR count). The zero-order chi connectivity index (χ0) is 21.0. The lowest BCUT2D eigenvalue weighted by molar-refractivity contribution is 0.262. The molecule has 1 heterocycles. The SMILES string of the molecule is Cc1nc(Oc2ccccc2)nc(C)c1NC(=O)Nc1ccc(C(C)(C)C)cc1. The molecule has 0 bridgehead atoms. The first-order chi connectivity index (χ1) is 13.7. The summed E-state index contributed by atoms with van der Waals surface area (Å²) in [6.45, 7) is 10.1. The van der Waals surface area contributed by atoms with Gasteiger partial charge in [0.05, 0.1) is 17.1 Å². The van der Waals surface area contributed by atoms with Crippen LogP contribution in [0, 0.1) is 13.8 Å². The Morgan fingerprint density at radius 1 is 0.862 bits per heavy atom. The molecule has 2 N–H and O–H groups in total. The van der Waals surface area contributed by atoms with E-state index < -0.39 is 0 Å². The van der Waals surface area contributed by atoms with E-state index in [9.17, 15) is 4.79 Å². The van der Waals surface area contributed by atoms with E-state index in [-0.39, 0.29) is 17.5 Å². The van der Waals surface area contributed by atoms with E-state index in [0.717, 1.165) is 5.69 Å². The number of rotatable bonds is 4. The fourth-order valence-electron chi connectivity index (χ4n) is 2.84. The number of para-hydroxylation sites is 1. The summed E-state index contributed by atoms with van der Waals surface area (Å²) >= 11 is 0. The Kier molecular flexibility index (Phi) is 5.82. The molecule has 1 aromatic heterocycles. The highest BCUT2D eigenvalue weighted by Gasteiger charge is 2.15. The zero-order valence-electron chi connectivity index (χ0n) is 17.4. The van der Waals surface area contributed by atoms with Crippen molar-refractivity contribution in [1.29, 1.82) is 0 Å². The third kappa shape index (κ3) is 5.31. The Bertz CT molecular complexity index is 971. The zero-order valence-corrected chi connectivity index (χ0v) is 17.4. The highest BCUT2D eigenvalue weighted by atomic mass is 16.5. The van der Waals surface area contributed by atoms with Gasteiger partial charge in [-0.05, 0) is 49.1 Å². The van der Waals surface area contributed by atoms with Gasteiger partial charge in [0.2, 0.25) is 0 Å². The first kappa shape index (κ1) is 20.3. The number of nitrogens with zero attached hydrogens (tertiary/aromatic N) is 2. The molecule has 2 amide bonds. The Morgan fingerprint density at radius 2 is 1.45 bits per heavy atom. The van der Waals surface area contributed by atoms with Gasteiger partial charge in [-0.25, -0.2) is 4.79 Å². The summed E-state index contributed by atoms with van der Waals surface area (Å²) in [6.07, 6.45) is 0. The van der Waals surface area contributed by atoms with Crippen LogP contribution in [-0.4, -0.2) is 16.0 Å². The maximum atomic E-state index is 12.4. The molecule has 6 heteroatoms. The minimum Gasteiger partial charge on any atom is -0.424 e. The third-order valence-corrected chi connectivity index (χ3v) is 4.45. The number of anilines is 2. The molecular formula is C23H26N4O2. The van der Waals surface area contributed by atoms with Crippen molar-refractivity contribution in [3.63, 3.8) is 0 Å². The van der Waals surface area contributed by atoms with Gasteiger partial charge in [-0.3, -0.25) is 0 Å². The van der Waals surface area contributed by atoms with Crippen molar-refractivity contribution < 1.29 is 9.53 Å². The second-order valence-electron chi connectivity index (χ2n) is 7.87. The quantitative estimate of drug-likeness (QED) is 0.588. The van der Waals surface area contributed by atoms with Crippen LogP contribution in [-0.2, 0) is 5.41 Å². The lowest BCUT2D eigenvalue weighted by Crippen LogP contribution is -2.21. The number of urea groups is 1.